The van der Waals surface area contributed by atoms with Gasteiger partial charge in [-0.15, -0.1) is 12.4 Å². The summed E-state index contributed by atoms with van der Waals surface area (Å²) in [6.07, 6.45) is 5.73. The van der Waals surface area contributed by atoms with E-state index in [1.54, 1.807) is 7.05 Å². The first-order valence-corrected chi connectivity index (χ1v) is 8.50. The first-order valence-electron chi connectivity index (χ1n) is 8.12. The number of halogens is 3. The molecule has 4 rings (SSSR count). The van der Waals surface area contributed by atoms with Crippen LogP contribution >= 0.6 is 24.0 Å². The molecular weight excluding hydrogens is 424 g/mol. The Balaban J connectivity index is 0.00000240. The van der Waals surface area contributed by atoms with Gasteiger partial charge in [0.2, 0.25) is 5.43 Å². The van der Waals surface area contributed by atoms with E-state index < -0.39 is 22.6 Å². The van der Waals surface area contributed by atoms with Crippen LogP contribution in [0.3, 0.4) is 0 Å². The minimum Gasteiger partial charge on any atom is -0.503 e. The SMILES string of the molecule is Cl.Cn1ncnc1-c1cn2ccn(Cc3ccc(F)c(Cl)c3)c(=O)c2c(O)c1=O. The van der Waals surface area contributed by atoms with Crippen molar-refractivity contribution in [2.75, 3.05) is 0 Å². The van der Waals surface area contributed by atoms with Gasteiger partial charge in [-0.2, -0.15) is 5.10 Å². The van der Waals surface area contributed by atoms with E-state index in [1.807, 2.05) is 0 Å². The zero-order valence-electron chi connectivity index (χ0n) is 14.9. The maximum absolute atomic E-state index is 13.3. The van der Waals surface area contributed by atoms with E-state index in [-0.39, 0.29) is 40.9 Å². The zero-order valence-corrected chi connectivity index (χ0v) is 16.5. The van der Waals surface area contributed by atoms with Gasteiger partial charge < -0.3 is 14.1 Å². The van der Waals surface area contributed by atoms with Crippen LogP contribution in [0.25, 0.3) is 16.9 Å². The molecule has 0 unspecified atom stereocenters. The summed E-state index contributed by atoms with van der Waals surface area (Å²) in [5.74, 6) is -0.978. The molecule has 3 heterocycles. The van der Waals surface area contributed by atoms with Crippen molar-refractivity contribution in [3.8, 4) is 17.1 Å². The first kappa shape index (κ1) is 20.6. The molecular formula is C18H14Cl2FN5O3. The molecule has 0 saturated heterocycles. The fraction of sp³-hybridized carbons (Fsp3) is 0.111. The summed E-state index contributed by atoms with van der Waals surface area (Å²) in [5, 5.41) is 14.3. The lowest BCUT2D eigenvalue weighted by Crippen LogP contribution is -2.25. The Bertz CT molecular complexity index is 1350. The lowest BCUT2D eigenvalue weighted by Gasteiger charge is -2.11. The number of nitrogens with zero attached hydrogens (tertiary/aromatic N) is 5. The van der Waals surface area contributed by atoms with Crippen molar-refractivity contribution in [1.29, 1.82) is 0 Å². The van der Waals surface area contributed by atoms with Gasteiger partial charge in [-0.1, -0.05) is 17.7 Å². The highest BCUT2D eigenvalue weighted by Crippen LogP contribution is 2.19. The van der Waals surface area contributed by atoms with E-state index in [0.717, 1.165) is 0 Å². The zero-order chi connectivity index (χ0) is 20.0. The van der Waals surface area contributed by atoms with Gasteiger partial charge in [-0.3, -0.25) is 9.59 Å². The highest BCUT2D eigenvalue weighted by molar-refractivity contribution is 6.30. The Morgan fingerprint density at radius 3 is 2.66 bits per heavy atom. The molecule has 0 fully saturated rings. The fourth-order valence-corrected chi connectivity index (χ4v) is 3.17. The van der Waals surface area contributed by atoms with Crippen molar-refractivity contribution >= 4 is 29.5 Å². The highest BCUT2D eigenvalue weighted by atomic mass is 35.5. The summed E-state index contributed by atoms with van der Waals surface area (Å²) in [6.45, 7) is 0.0913. The third-order valence-corrected chi connectivity index (χ3v) is 4.66. The van der Waals surface area contributed by atoms with Gasteiger partial charge in [0.1, 0.15) is 12.1 Å². The van der Waals surface area contributed by atoms with E-state index >= 15 is 0 Å². The molecule has 3 aromatic heterocycles. The Labute approximate surface area is 173 Å². The summed E-state index contributed by atoms with van der Waals surface area (Å²) in [5.41, 5.74) is -0.780. The number of hydrogen-bond acceptors (Lipinski definition) is 5. The molecule has 29 heavy (non-hydrogen) atoms. The molecule has 0 radical (unpaired) electrons. The van der Waals surface area contributed by atoms with Crippen LogP contribution in [0.5, 0.6) is 5.75 Å². The quantitative estimate of drug-likeness (QED) is 0.530. The van der Waals surface area contributed by atoms with Crippen molar-refractivity contribution in [1.82, 2.24) is 23.7 Å². The summed E-state index contributed by atoms with van der Waals surface area (Å²) >= 11 is 5.78. The summed E-state index contributed by atoms with van der Waals surface area (Å²) in [6, 6.07) is 4.12. The topological polar surface area (TPSA) is 94.4 Å². The van der Waals surface area contributed by atoms with Crippen LogP contribution < -0.4 is 11.0 Å². The number of aromatic hydroxyl groups is 1. The van der Waals surface area contributed by atoms with Gasteiger partial charge in [0, 0.05) is 25.6 Å². The molecule has 8 nitrogen and oxygen atoms in total. The third-order valence-electron chi connectivity index (χ3n) is 4.37. The van der Waals surface area contributed by atoms with Gasteiger partial charge in [0.25, 0.3) is 5.56 Å². The van der Waals surface area contributed by atoms with Crippen LogP contribution in [0.4, 0.5) is 4.39 Å². The number of benzene rings is 1. The third kappa shape index (κ3) is 3.50. The van der Waals surface area contributed by atoms with E-state index in [0.29, 0.717) is 5.56 Å². The van der Waals surface area contributed by atoms with Gasteiger partial charge in [-0.25, -0.2) is 14.1 Å². The Hall–Kier alpha value is -3.17. The smallest absolute Gasteiger partial charge is 0.279 e. The van der Waals surface area contributed by atoms with Crippen molar-refractivity contribution in [3.63, 3.8) is 0 Å². The number of pyridine rings is 1. The van der Waals surface area contributed by atoms with Crippen molar-refractivity contribution in [2.24, 2.45) is 7.05 Å². The summed E-state index contributed by atoms with van der Waals surface area (Å²) in [7, 11) is 1.61. The molecule has 4 aromatic rings. The predicted octanol–water partition coefficient (Wildman–Crippen LogP) is 2.22. The molecule has 0 amide bonds. The second-order valence-electron chi connectivity index (χ2n) is 6.16. The molecule has 0 aliphatic rings. The molecule has 0 bridgehead atoms. The molecule has 0 aliphatic heterocycles. The lowest BCUT2D eigenvalue weighted by molar-refractivity contribution is 0.472. The van der Waals surface area contributed by atoms with Crippen LogP contribution in [-0.4, -0.2) is 28.8 Å². The van der Waals surface area contributed by atoms with E-state index in [9.17, 15) is 19.1 Å². The average Bonchev–Trinajstić information content (AvgIpc) is 3.09. The second kappa shape index (κ2) is 7.69. The molecule has 0 aliphatic carbocycles. The van der Waals surface area contributed by atoms with Gasteiger partial charge >= 0.3 is 0 Å². The second-order valence-corrected chi connectivity index (χ2v) is 6.57. The molecule has 1 N–H and O–H groups in total. The molecule has 0 atom stereocenters. The van der Waals surface area contributed by atoms with Crippen LogP contribution in [-0.2, 0) is 13.6 Å². The van der Waals surface area contributed by atoms with Crippen LogP contribution in [0.1, 0.15) is 5.56 Å². The maximum atomic E-state index is 13.3. The van der Waals surface area contributed by atoms with Crippen LogP contribution in [0.2, 0.25) is 5.02 Å². The average molecular weight is 438 g/mol. The minimum absolute atomic E-state index is 0. The monoisotopic (exact) mass is 437 g/mol. The first-order chi connectivity index (χ1) is 13.4. The van der Waals surface area contributed by atoms with Crippen LogP contribution in [0.15, 0.2) is 52.7 Å². The normalized spacial score (nSPS) is 10.9. The van der Waals surface area contributed by atoms with E-state index in [1.165, 1.54) is 56.8 Å². The van der Waals surface area contributed by atoms with Crippen molar-refractivity contribution in [2.45, 2.75) is 6.54 Å². The van der Waals surface area contributed by atoms with E-state index in [2.05, 4.69) is 10.1 Å². The largest absolute Gasteiger partial charge is 0.503 e. The predicted molar refractivity (Wildman–Crippen MR) is 107 cm³/mol. The number of aromatic nitrogens is 5. The Morgan fingerprint density at radius 1 is 1.24 bits per heavy atom. The molecule has 0 saturated carbocycles. The molecule has 1 aromatic carbocycles. The number of aryl methyl sites for hydroxylation is 1. The number of hydrogen-bond donors (Lipinski definition) is 1. The van der Waals surface area contributed by atoms with Crippen molar-refractivity contribution in [3.05, 3.63) is 80.1 Å². The van der Waals surface area contributed by atoms with Gasteiger partial charge in [0.05, 0.1) is 17.1 Å². The summed E-state index contributed by atoms with van der Waals surface area (Å²) in [4.78, 5) is 29.4. The Morgan fingerprint density at radius 2 is 2.00 bits per heavy atom. The number of fused-ring (bicyclic) bond motifs is 1. The van der Waals surface area contributed by atoms with Gasteiger partial charge in [-0.05, 0) is 17.7 Å². The maximum Gasteiger partial charge on any atom is 0.279 e. The number of rotatable bonds is 3. The standard InChI is InChI=1S/C18H13ClFN5O3.ClH/c1-23-17(21-9-22-23)11-8-24-4-5-25(18(28)14(24)16(27)15(11)26)7-10-2-3-13(20)12(19)6-10;/h2-6,8-9,27H,7H2,1H3;1H. The fourth-order valence-electron chi connectivity index (χ4n) is 2.96. The van der Waals surface area contributed by atoms with Gasteiger partial charge in [0.15, 0.2) is 17.1 Å². The summed E-state index contributed by atoms with van der Waals surface area (Å²) < 4.78 is 17.4. The minimum atomic E-state index is -0.726. The highest BCUT2D eigenvalue weighted by Gasteiger charge is 2.18. The lowest BCUT2D eigenvalue weighted by atomic mass is 10.2. The van der Waals surface area contributed by atoms with E-state index in [4.69, 9.17) is 11.6 Å². The Kier molecular flexibility index (Phi) is 5.45. The molecule has 0 spiro atoms. The van der Waals surface area contributed by atoms with Crippen molar-refractivity contribution < 1.29 is 9.50 Å². The molecule has 150 valence electrons. The van der Waals surface area contributed by atoms with Crippen LogP contribution in [0, 0.1) is 5.82 Å². The molecule has 11 heteroatoms.